The first-order chi connectivity index (χ1) is 11.7. The number of alkyl halides is 3. The predicted molar refractivity (Wildman–Crippen MR) is 87.1 cm³/mol. The molecule has 0 aromatic rings. The van der Waals surface area contributed by atoms with Crippen molar-refractivity contribution < 1.29 is 22.8 Å². The molecule has 2 fully saturated rings. The Kier molecular flexibility index (Phi) is 6.92. The van der Waals surface area contributed by atoms with Crippen molar-refractivity contribution in [3.63, 3.8) is 0 Å². The molecule has 2 aliphatic rings. The van der Waals surface area contributed by atoms with Crippen molar-refractivity contribution in [1.82, 2.24) is 20.0 Å². The van der Waals surface area contributed by atoms with Gasteiger partial charge in [0, 0.05) is 52.7 Å². The highest BCUT2D eigenvalue weighted by atomic mass is 19.4. The van der Waals surface area contributed by atoms with Crippen LogP contribution in [0.5, 0.6) is 0 Å². The minimum Gasteiger partial charge on any atom is -0.343 e. The normalized spacial score (nSPS) is 21.1. The first kappa shape index (κ1) is 19.8. The maximum absolute atomic E-state index is 12.5. The maximum Gasteiger partial charge on any atom is 0.401 e. The third kappa shape index (κ3) is 6.72. The second-order valence-corrected chi connectivity index (χ2v) is 6.87. The Morgan fingerprint density at radius 1 is 1.00 bits per heavy atom. The van der Waals surface area contributed by atoms with Crippen molar-refractivity contribution in [1.29, 1.82) is 0 Å². The minimum atomic E-state index is -4.20. The summed E-state index contributed by atoms with van der Waals surface area (Å²) in [6.07, 6.45) is -1.94. The number of urea groups is 1. The number of carbonyl (C=O) groups excluding carboxylic acids is 2. The molecule has 2 rings (SSSR count). The Morgan fingerprint density at radius 2 is 1.68 bits per heavy atom. The van der Waals surface area contributed by atoms with E-state index >= 15 is 0 Å². The molecular formula is C16H27F3N4O2. The van der Waals surface area contributed by atoms with Gasteiger partial charge in [-0.2, -0.15) is 13.2 Å². The molecule has 1 N–H and O–H groups in total. The van der Waals surface area contributed by atoms with Crippen LogP contribution >= 0.6 is 0 Å². The molecule has 0 atom stereocenters. The zero-order valence-electron chi connectivity index (χ0n) is 14.6. The molecule has 2 heterocycles. The number of likely N-dealkylation sites (tertiary alicyclic amines) is 1. The number of halogens is 3. The van der Waals surface area contributed by atoms with Crippen LogP contribution in [0.3, 0.4) is 0 Å². The van der Waals surface area contributed by atoms with Gasteiger partial charge < -0.3 is 15.1 Å². The fourth-order valence-corrected chi connectivity index (χ4v) is 3.38. The number of amides is 3. The Hall–Kier alpha value is -1.51. The Morgan fingerprint density at radius 3 is 2.28 bits per heavy atom. The van der Waals surface area contributed by atoms with Crippen LogP contribution in [0.2, 0.25) is 0 Å². The van der Waals surface area contributed by atoms with Crippen molar-refractivity contribution in [3.8, 4) is 0 Å². The second kappa shape index (κ2) is 8.73. The second-order valence-electron chi connectivity index (χ2n) is 6.87. The highest BCUT2D eigenvalue weighted by Crippen LogP contribution is 2.18. The maximum atomic E-state index is 12.5. The van der Waals surface area contributed by atoms with Crippen LogP contribution in [-0.4, -0.2) is 85.2 Å². The molecule has 0 bridgehead atoms. The molecule has 2 aliphatic heterocycles. The highest BCUT2D eigenvalue weighted by Gasteiger charge is 2.32. The number of carbonyl (C=O) groups is 2. The molecule has 0 radical (unpaired) electrons. The zero-order valence-corrected chi connectivity index (χ0v) is 14.6. The number of rotatable bonds is 3. The number of nitrogens with one attached hydrogen (secondary N) is 1. The van der Waals surface area contributed by atoms with Gasteiger partial charge in [0.25, 0.3) is 0 Å². The van der Waals surface area contributed by atoms with Crippen LogP contribution in [0.1, 0.15) is 26.2 Å². The summed E-state index contributed by atoms with van der Waals surface area (Å²) in [6, 6.07) is -0.206. The monoisotopic (exact) mass is 364 g/mol. The summed E-state index contributed by atoms with van der Waals surface area (Å²) in [4.78, 5) is 28.3. The number of hydrogen-bond acceptors (Lipinski definition) is 3. The van der Waals surface area contributed by atoms with Gasteiger partial charge in [-0.3, -0.25) is 9.69 Å². The summed E-state index contributed by atoms with van der Waals surface area (Å²) >= 11 is 0. The molecule has 0 aromatic heterocycles. The number of nitrogens with zero attached hydrogens (tertiary/aromatic N) is 3. The van der Waals surface area contributed by atoms with Crippen molar-refractivity contribution >= 4 is 11.9 Å². The van der Waals surface area contributed by atoms with Crippen molar-refractivity contribution in [2.45, 2.75) is 32.4 Å². The van der Waals surface area contributed by atoms with Crippen LogP contribution in [0.4, 0.5) is 18.0 Å². The van der Waals surface area contributed by atoms with Crippen LogP contribution < -0.4 is 5.32 Å². The Bertz CT molecular complexity index is 465. The molecule has 0 saturated carbocycles. The van der Waals surface area contributed by atoms with E-state index in [9.17, 15) is 22.8 Å². The van der Waals surface area contributed by atoms with Crippen LogP contribution in [0.25, 0.3) is 0 Å². The van der Waals surface area contributed by atoms with E-state index in [1.807, 2.05) is 4.90 Å². The van der Waals surface area contributed by atoms with E-state index in [1.54, 1.807) is 11.8 Å². The smallest absolute Gasteiger partial charge is 0.343 e. The predicted octanol–water partition coefficient (Wildman–Crippen LogP) is 1.52. The lowest BCUT2D eigenvalue weighted by Crippen LogP contribution is -2.46. The van der Waals surface area contributed by atoms with E-state index < -0.39 is 12.7 Å². The van der Waals surface area contributed by atoms with Gasteiger partial charge in [0.1, 0.15) is 0 Å². The zero-order chi connectivity index (χ0) is 18.4. The summed E-state index contributed by atoms with van der Waals surface area (Å²) in [5, 5.41) is 2.90. The van der Waals surface area contributed by atoms with Gasteiger partial charge in [0.15, 0.2) is 0 Å². The van der Waals surface area contributed by atoms with Crippen LogP contribution in [0.15, 0.2) is 0 Å². The molecule has 0 unspecified atom stereocenters. The SMILES string of the molecule is CC(=O)N1CCC(CNC(=O)N2CCCN(CC(F)(F)F)CC2)CC1. The Labute approximate surface area is 146 Å². The van der Waals surface area contributed by atoms with E-state index in [2.05, 4.69) is 5.32 Å². The lowest BCUT2D eigenvalue weighted by Gasteiger charge is -2.32. The van der Waals surface area contributed by atoms with E-state index in [0.717, 1.165) is 12.8 Å². The highest BCUT2D eigenvalue weighted by molar-refractivity contribution is 5.74. The largest absolute Gasteiger partial charge is 0.401 e. The fourth-order valence-electron chi connectivity index (χ4n) is 3.38. The molecular weight excluding hydrogens is 337 g/mol. The van der Waals surface area contributed by atoms with Crippen molar-refractivity contribution in [2.24, 2.45) is 5.92 Å². The first-order valence-electron chi connectivity index (χ1n) is 8.82. The van der Waals surface area contributed by atoms with Crippen molar-refractivity contribution in [2.75, 3.05) is 52.4 Å². The van der Waals surface area contributed by atoms with E-state index in [-0.39, 0.29) is 18.5 Å². The molecule has 9 heteroatoms. The lowest BCUT2D eigenvalue weighted by molar-refractivity contribution is -0.145. The average Bonchev–Trinajstić information content (AvgIpc) is 2.77. The molecule has 0 spiro atoms. The number of hydrogen-bond donors (Lipinski definition) is 1. The van der Waals surface area contributed by atoms with Crippen LogP contribution in [-0.2, 0) is 4.79 Å². The first-order valence-corrected chi connectivity index (χ1v) is 8.82. The lowest BCUT2D eigenvalue weighted by atomic mass is 9.97. The fraction of sp³-hybridized carbons (Fsp3) is 0.875. The molecule has 6 nitrogen and oxygen atoms in total. The van der Waals surface area contributed by atoms with Crippen molar-refractivity contribution in [3.05, 3.63) is 0 Å². The van der Waals surface area contributed by atoms with Gasteiger partial charge in [-0.05, 0) is 25.2 Å². The molecule has 25 heavy (non-hydrogen) atoms. The molecule has 0 aromatic carbocycles. The Balaban J connectivity index is 1.70. The van der Waals surface area contributed by atoms with Gasteiger partial charge in [-0.15, -0.1) is 0 Å². The third-order valence-corrected chi connectivity index (χ3v) is 4.88. The van der Waals surface area contributed by atoms with E-state index in [4.69, 9.17) is 0 Å². The summed E-state index contributed by atoms with van der Waals surface area (Å²) in [5.74, 6) is 0.420. The standard InChI is InChI=1S/C16H27F3N4O2/c1-13(24)22-7-3-14(4-8-22)11-20-15(25)23-6-2-5-21(9-10-23)12-16(17,18)19/h14H,2-12H2,1H3,(H,20,25). The van der Waals surface area contributed by atoms with E-state index in [1.165, 1.54) is 4.90 Å². The van der Waals surface area contributed by atoms with Gasteiger partial charge >= 0.3 is 12.2 Å². The summed E-state index contributed by atoms with van der Waals surface area (Å²) in [6.45, 7) is 4.00. The summed E-state index contributed by atoms with van der Waals surface area (Å²) in [7, 11) is 0. The quantitative estimate of drug-likeness (QED) is 0.826. The van der Waals surface area contributed by atoms with Gasteiger partial charge in [-0.25, -0.2) is 4.79 Å². The van der Waals surface area contributed by atoms with Gasteiger partial charge in [-0.1, -0.05) is 0 Å². The molecule has 144 valence electrons. The topological polar surface area (TPSA) is 55.9 Å². The van der Waals surface area contributed by atoms with Crippen LogP contribution in [0, 0.1) is 5.92 Å². The third-order valence-electron chi connectivity index (χ3n) is 4.88. The summed E-state index contributed by atoms with van der Waals surface area (Å²) < 4.78 is 37.4. The number of piperidine rings is 1. The minimum absolute atomic E-state index is 0.0791. The molecule has 0 aliphatic carbocycles. The van der Waals surface area contributed by atoms with Gasteiger partial charge in [0.2, 0.25) is 5.91 Å². The average molecular weight is 364 g/mol. The van der Waals surface area contributed by atoms with E-state index in [0.29, 0.717) is 51.6 Å². The molecule has 2 saturated heterocycles. The molecule has 3 amide bonds. The van der Waals surface area contributed by atoms with Gasteiger partial charge in [0.05, 0.1) is 6.54 Å². The summed E-state index contributed by atoms with van der Waals surface area (Å²) in [5.41, 5.74) is 0.